The number of fused-ring (bicyclic) bond motifs is 8. The molecule has 0 aliphatic carbocycles. The van der Waals surface area contributed by atoms with Gasteiger partial charge in [-0.3, -0.25) is 0 Å². The molecule has 2 aliphatic heterocycles. The van der Waals surface area contributed by atoms with Gasteiger partial charge in [-0.2, -0.15) is 0 Å². The van der Waals surface area contributed by atoms with Crippen LogP contribution >= 0.6 is 11.3 Å². The first kappa shape index (κ1) is 29.4. The van der Waals surface area contributed by atoms with E-state index >= 15 is 0 Å². The number of hydrogen-bond donors (Lipinski definition) is 0. The van der Waals surface area contributed by atoms with Crippen molar-refractivity contribution in [3.8, 4) is 11.5 Å². The fraction of sp³-hybridized carbons (Fsp3) is 0.0213. The van der Waals surface area contributed by atoms with Crippen molar-refractivity contribution >= 4 is 99.5 Å². The van der Waals surface area contributed by atoms with Crippen LogP contribution in [0.3, 0.4) is 0 Å². The number of ether oxygens (including phenoxy) is 1. The lowest BCUT2D eigenvalue weighted by molar-refractivity contribution is 0.488. The SMILES string of the molecule is Cc1cc2c3c(c1)N(c1ccccc1)c1ccccc1B3c1cc3sc4cc5cc(N(c6ccccc6)c6ccccc6)ccc5cc4c3cc1O2. The third kappa shape index (κ3) is 4.46. The first-order valence-corrected chi connectivity index (χ1v) is 18.6. The van der Waals surface area contributed by atoms with E-state index in [4.69, 9.17) is 4.74 Å². The number of anilines is 6. The average molecular weight is 683 g/mol. The molecule has 2 aliphatic rings. The molecular formula is C47H31BN2OS. The molecule has 244 valence electrons. The Bertz CT molecular complexity index is 2810. The molecule has 11 rings (SSSR count). The lowest BCUT2D eigenvalue weighted by Gasteiger charge is -2.40. The van der Waals surface area contributed by atoms with E-state index in [2.05, 4.69) is 187 Å². The quantitative estimate of drug-likeness (QED) is 0.172. The Balaban J connectivity index is 1.08. The smallest absolute Gasteiger partial charge is 0.256 e. The Morgan fingerprint density at radius 1 is 0.519 bits per heavy atom. The summed E-state index contributed by atoms with van der Waals surface area (Å²) < 4.78 is 9.48. The maximum Gasteiger partial charge on any atom is 0.256 e. The molecule has 0 fully saturated rings. The lowest BCUT2D eigenvalue weighted by Crippen LogP contribution is -2.59. The normalized spacial score (nSPS) is 12.8. The van der Waals surface area contributed by atoms with E-state index in [0.717, 1.165) is 34.2 Å². The second kappa shape index (κ2) is 11.4. The summed E-state index contributed by atoms with van der Waals surface area (Å²) in [6.45, 7) is 2.24. The molecular weight excluding hydrogens is 651 g/mol. The van der Waals surface area contributed by atoms with Gasteiger partial charge < -0.3 is 14.5 Å². The summed E-state index contributed by atoms with van der Waals surface area (Å²) >= 11 is 1.87. The second-order valence-corrected chi connectivity index (χ2v) is 14.9. The summed E-state index contributed by atoms with van der Waals surface area (Å²) in [7, 11) is 0. The van der Waals surface area contributed by atoms with Gasteiger partial charge >= 0.3 is 0 Å². The Morgan fingerprint density at radius 2 is 1.19 bits per heavy atom. The summed E-state index contributed by atoms with van der Waals surface area (Å²) in [4.78, 5) is 4.73. The maximum absolute atomic E-state index is 6.92. The Hall–Kier alpha value is -6.30. The van der Waals surface area contributed by atoms with Crippen molar-refractivity contribution in [1.82, 2.24) is 0 Å². The van der Waals surface area contributed by atoms with Crippen molar-refractivity contribution in [3.63, 3.8) is 0 Å². The molecule has 9 aromatic rings. The zero-order valence-corrected chi connectivity index (χ0v) is 29.3. The molecule has 5 heteroatoms. The van der Waals surface area contributed by atoms with Crippen LogP contribution in [-0.4, -0.2) is 6.71 Å². The minimum absolute atomic E-state index is 0.0729. The monoisotopic (exact) mass is 682 g/mol. The summed E-state index contributed by atoms with van der Waals surface area (Å²) in [5.41, 5.74) is 11.9. The number of aryl methyl sites for hydroxylation is 1. The first-order valence-electron chi connectivity index (χ1n) is 17.8. The van der Waals surface area contributed by atoms with Crippen LogP contribution in [0.1, 0.15) is 5.56 Å². The van der Waals surface area contributed by atoms with Crippen LogP contribution < -0.4 is 30.9 Å². The number of thiophene rings is 1. The highest BCUT2D eigenvalue weighted by atomic mass is 32.1. The van der Waals surface area contributed by atoms with Crippen molar-refractivity contribution in [2.75, 3.05) is 9.80 Å². The summed E-state index contributed by atoms with van der Waals surface area (Å²) in [5.74, 6) is 1.89. The van der Waals surface area contributed by atoms with Crippen molar-refractivity contribution < 1.29 is 4.74 Å². The van der Waals surface area contributed by atoms with Crippen molar-refractivity contribution in [3.05, 3.63) is 175 Å². The molecule has 0 radical (unpaired) electrons. The predicted molar refractivity (Wildman–Crippen MR) is 222 cm³/mol. The van der Waals surface area contributed by atoms with Gasteiger partial charge in [0.2, 0.25) is 0 Å². The van der Waals surface area contributed by atoms with Crippen LogP contribution in [0.5, 0.6) is 11.5 Å². The van der Waals surface area contributed by atoms with Crippen LogP contribution in [0.25, 0.3) is 30.9 Å². The summed E-state index contributed by atoms with van der Waals surface area (Å²) in [6.07, 6.45) is 0. The highest BCUT2D eigenvalue weighted by Gasteiger charge is 2.42. The molecule has 52 heavy (non-hydrogen) atoms. The fourth-order valence-electron chi connectivity index (χ4n) is 8.43. The van der Waals surface area contributed by atoms with Crippen molar-refractivity contribution in [2.24, 2.45) is 0 Å². The van der Waals surface area contributed by atoms with Crippen LogP contribution in [0.2, 0.25) is 0 Å². The number of nitrogens with zero attached hydrogens (tertiary/aromatic N) is 2. The van der Waals surface area contributed by atoms with E-state index < -0.39 is 0 Å². The van der Waals surface area contributed by atoms with E-state index in [1.54, 1.807) is 0 Å². The molecule has 8 aromatic carbocycles. The molecule has 0 bridgehead atoms. The highest BCUT2D eigenvalue weighted by Crippen LogP contribution is 2.44. The second-order valence-electron chi connectivity index (χ2n) is 13.8. The molecule has 0 atom stereocenters. The van der Waals surface area contributed by atoms with Crippen molar-refractivity contribution in [2.45, 2.75) is 6.92 Å². The molecule has 0 spiro atoms. The third-order valence-corrected chi connectivity index (χ3v) is 11.8. The van der Waals surface area contributed by atoms with Crippen molar-refractivity contribution in [1.29, 1.82) is 0 Å². The van der Waals surface area contributed by atoms with Gasteiger partial charge in [-0.1, -0.05) is 78.9 Å². The van der Waals surface area contributed by atoms with Gasteiger partial charge in [0.1, 0.15) is 11.5 Å². The zero-order chi connectivity index (χ0) is 34.3. The largest absolute Gasteiger partial charge is 0.458 e. The summed E-state index contributed by atoms with van der Waals surface area (Å²) in [5, 5.41) is 4.96. The van der Waals surface area contributed by atoms with Gasteiger partial charge in [-0.15, -0.1) is 11.3 Å². The van der Waals surface area contributed by atoms with Crippen LogP contribution in [0.4, 0.5) is 34.1 Å². The molecule has 0 amide bonds. The van der Waals surface area contributed by atoms with E-state index in [9.17, 15) is 0 Å². The predicted octanol–water partition coefficient (Wildman–Crippen LogP) is 11.4. The van der Waals surface area contributed by atoms with E-state index in [0.29, 0.717) is 0 Å². The highest BCUT2D eigenvalue weighted by molar-refractivity contribution is 7.26. The fourth-order valence-corrected chi connectivity index (χ4v) is 9.59. The third-order valence-electron chi connectivity index (χ3n) is 10.7. The van der Waals surface area contributed by atoms with Gasteiger partial charge in [0, 0.05) is 54.3 Å². The number of rotatable bonds is 4. The summed E-state index contributed by atoms with van der Waals surface area (Å²) in [6, 6.07) is 61.6. The van der Waals surface area contributed by atoms with E-state index in [-0.39, 0.29) is 6.71 Å². The Kier molecular flexibility index (Phi) is 6.43. The van der Waals surface area contributed by atoms with Crippen LogP contribution in [0, 0.1) is 6.92 Å². The lowest BCUT2D eigenvalue weighted by atomic mass is 9.34. The number of benzene rings is 8. The molecule has 0 saturated carbocycles. The number of hydrogen-bond acceptors (Lipinski definition) is 4. The Labute approximate surface area is 306 Å². The van der Waals surface area contributed by atoms with E-state index in [1.807, 2.05) is 11.3 Å². The molecule has 0 N–H and O–H groups in total. The van der Waals surface area contributed by atoms with Gasteiger partial charge in [0.25, 0.3) is 6.71 Å². The standard InChI is InChI=1S/C47H31BN2OS/c1-30-23-42-47-44(24-30)51-43-28-38-37-26-31-21-22-36(49(33-13-5-2-6-14-33)34-15-7-3-8-16-34)25-32(31)27-45(37)52-46(38)29-40(43)48(47)39-19-11-12-20-41(39)50(42)35-17-9-4-10-18-35/h2-29H,1H3. The molecule has 1 aromatic heterocycles. The molecule has 3 heterocycles. The molecule has 0 unspecified atom stereocenters. The van der Waals surface area contributed by atoms with E-state index in [1.165, 1.54) is 64.3 Å². The minimum atomic E-state index is 0.0729. The minimum Gasteiger partial charge on any atom is -0.458 e. The maximum atomic E-state index is 6.92. The molecule has 0 saturated heterocycles. The van der Waals surface area contributed by atoms with Crippen LogP contribution in [-0.2, 0) is 0 Å². The average Bonchev–Trinajstić information content (AvgIpc) is 3.53. The Morgan fingerprint density at radius 3 is 1.96 bits per heavy atom. The van der Waals surface area contributed by atoms with Gasteiger partial charge in [0.15, 0.2) is 0 Å². The van der Waals surface area contributed by atoms with Crippen LogP contribution in [0.15, 0.2) is 170 Å². The topological polar surface area (TPSA) is 15.7 Å². The van der Waals surface area contributed by atoms with Gasteiger partial charge in [-0.05, 0) is 131 Å². The van der Waals surface area contributed by atoms with Gasteiger partial charge in [-0.25, -0.2) is 0 Å². The zero-order valence-electron chi connectivity index (χ0n) is 28.5. The first-order chi connectivity index (χ1) is 25.7. The number of para-hydroxylation sites is 4. The van der Waals surface area contributed by atoms with Gasteiger partial charge in [0.05, 0.1) is 0 Å². The molecule has 3 nitrogen and oxygen atoms in total.